The van der Waals surface area contributed by atoms with Gasteiger partial charge in [0.05, 0.1) is 5.52 Å². The van der Waals surface area contributed by atoms with Gasteiger partial charge in [0.15, 0.2) is 0 Å². The minimum absolute atomic E-state index is 0.307. The van der Waals surface area contributed by atoms with Crippen LogP contribution >= 0.6 is 11.6 Å². The third-order valence-corrected chi connectivity index (χ3v) is 7.01. The molecule has 31 heavy (non-hydrogen) atoms. The molecule has 0 bridgehead atoms. The van der Waals surface area contributed by atoms with Crippen LogP contribution in [-0.2, 0) is 12.1 Å². The summed E-state index contributed by atoms with van der Waals surface area (Å²) in [5.74, 6) is 0. The van der Waals surface area contributed by atoms with Crippen molar-refractivity contribution in [1.82, 2.24) is 10.3 Å². The summed E-state index contributed by atoms with van der Waals surface area (Å²) in [5.41, 5.74) is 11.4. The minimum atomic E-state index is -0.307. The zero-order chi connectivity index (χ0) is 21.8. The predicted molar refractivity (Wildman–Crippen MR) is 132 cm³/mol. The Morgan fingerprint density at radius 1 is 1.06 bits per heavy atom. The summed E-state index contributed by atoms with van der Waals surface area (Å²) in [6.07, 6.45) is 5.94. The molecule has 1 aliphatic rings. The molecule has 3 aromatic rings. The number of rotatable bonds is 7. The van der Waals surface area contributed by atoms with Crippen LogP contribution in [0.3, 0.4) is 0 Å². The van der Waals surface area contributed by atoms with E-state index in [1.54, 1.807) is 0 Å². The Kier molecular flexibility index (Phi) is 6.80. The van der Waals surface area contributed by atoms with Crippen molar-refractivity contribution in [1.29, 1.82) is 0 Å². The first-order valence-electron chi connectivity index (χ1n) is 11.4. The normalized spacial score (nSPS) is 21.4. The number of benzene rings is 2. The van der Waals surface area contributed by atoms with Gasteiger partial charge in [-0.3, -0.25) is 4.98 Å². The second kappa shape index (κ2) is 9.56. The summed E-state index contributed by atoms with van der Waals surface area (Å²) in [6.45, 7) is 7.37. The number of halogens is 1. The zero-order valence-electron chi connectivity index (χ0n) is 18.6. The molecule has 1 fully saturated rings. The number of pyridine rings is 1. The molecule has 0 amide bonds. The molecule has 0 atom stereocenters. The molecule has 1 heterocycles. The highest BCUT2D eigenvalue weighted by Crippen LogP contribution is 2.38. The summed E-state index contributed by atoms with van der Waals surface area (Å²) < 4.78 is 0. The van der Waals surface area contributed by atoms with Gasteiger partial charge in [-0.25, -0.2) is 0 Å². The first kappa shape index (κ1) is 22.1. The van der Waals surface area contributed by atoms with Crippen LogP contribution in [0.2, 0.25) is 5.02 Å². The zero-order valence-corrected chi connectivity index (χ0v) is 19.3. The van der Waals surface area contributed by atoms with Gasteiger partial charge in [0, 0.05) is 53.5 Å². The van der Waals surface area contributed by atoms with Gasteiger partial charge in [0.2, 0.25) is 0 Å². The van der Waals surface area contributed by atoms with E-state index in [-0.39, 0.29) is 5.54 Å². The molecule has 0 aliphatic heterocycles. The molecule has 2 aromatic carbocycles. The van der Waals surface area contributed by atoms with Crippen LogP contribution in [-0.4, -0.2) is 24.1 Å². The SMILES string of the molecule is CCN(CC)c1ccc(CNC2CCC(N)(c3ccnc4cc(Cl)ccc34)CC2)cc1. The quantitative estimate of drug-likeness (QED) is 0.504. The van der Waals surface area contributed by atoms with Crippen molar-refractivity contribution in [2.24, 2.45) is 5.73 Å². The standard InChI is InChI=1S/C26H33ClN4/c1-3-31(4-2)22-8-5-19(6-9-22)18-30-21-11-14-26(28,15-12-21)24-13-16-29-25-17-20(27)7-10-23(24)25/h5-10,13,16-17,21,30H,3-4,11-12,14-15,18,28H2,1-2H3. The van der Waals surface area contributed by atoms with E-state index in [1.807, 2.05) is 18.3 Å². The van der Waals surface area contributed by atoms with Crippen LogP contribution in [0.1, 0.15) is 50.7 Å². The summed E-state index contributed by atoms with van der Waals surface area (Å²) in [5, 5.41) is 5.58. The van der Waals surface area contributed by atoms with Gasteiger partial charge in [-0.05, 0) is 81.0 Å². The van der Waals surface area contributed by atoms with E-state index in [1.165, 1.54) is 16.8 Å². The Morgan fingerprint density at radius 3 is 2.45 bits per heavy atom. The molecule has 4 nitrogen and oxygen atoms in total. The lowest BCUT2D eigenvalue weighted by molar-refractivity contribution is 0.252. The summed E-state index contributed by atoms with van der Waals surface area (Å²) in [7, 11) is 0. The monoisotopic (exact) mass is 436 g/mol. The van der Waals surface area contributed by atoms with Crippen molar-refractivity contribution in [3.05, 3.63) is 70.9 Å². The first-order valence-corrected chi connectivity index (χ1v) is 11.8. The fraction of sp³-hybridized carbons (Fsp3) is 0.423. The number of hydrogen-bond donors (Lipinski definition) is 2. The highest BCUT2D eigenvalue weighted by molar-refractivity contribution is 6.31. The van der Waals surface area contributed by atoms with E-state index < -0.39 is 0 Å². The molecule has 164 valence electrons. The second-order valence-corrected chi connectivity index (χ2v) is 9.11. The van der Waals surface area contributed by atoms with E-state index in [2.05, 4.69) is 65.4 Å². The van der Waals surface area contributed by atoms with Gasteiger partial charge >= 0.3 is 0 Å². The molecule has 5 heteroatoms. The fourth-order valence-electron chi connectivity index (χ4n) is 4.84. The Hall–Kier alpha value is -2.14. The average Bonchev–Trinajstić information content (AvgIpc) is 2.80. The van der Waals surface area contributed by atoms with E-state index in [9.17, 15) is 0 Å². The van der Waals surface area contributed by atoms with Crippen LogP contribution < -0.4 is 16.0 Å². The lowest BCUT2D eigenvalue weighted by atomic mass is 9.74. The van der Waals surface area contributed by atoms with Crippen molar-refractivity contribution in [3.63, 3.8) is 0 Å². The molecule has 0 saturated heterocycles. The van der Waals surface area contributed by atoms with E-state index >= 15 is 0 Å². The molecule has 1 saturated carbocycles. The van der Waals surface area contributed by atoms with Crippen LogP contribution in [0.5, 0.6) is 0 Å². The predicted octanol–water partition coefficient (Wildman–Crippen LogP) is 5.62. The van der Waals surface area contributed by atoms with Crippen molar-refractivity contribution in [2.75, 3.05) is 18.0 Å². The number of hydrogen-bond acceptors (Lipinski definition) is 4. The molecule has 0 radical (unpaired) electrons. The maximum Gasteiger partial charge on any atom is 0.0720 e. The average molecular weight is 437 g/mol. The Bertz CT molecular complexity index is 1010. The highest BCUT2D eigenvalue weighted by atomic mass is 35.5. The maximum atomic E-state index is 6.93. The van der Waals surface area contributed by atoms with Crippen LogP contribution in [0.15, 0.2) is 54.7 Å². The van der Waals surface area contributed by atoms with E-state index in [4.69, 9.17) is 17.3 Å². The maximum absolute atomic E-state index is 6.93. The molecule has 1 aromatic heterocycles. The molecule has 4 rings (SSSR count). The van der Waals surface area contributed by atoms with Gasteiger partial charge in [0.1, 0.15) is 0 Å². The van der Waals surface area contributed by atoms with Crippen LogP contribution in [0, 0.1) is 0 Å². The topological polar surface area (TPSA) is 54.2 Å². The van der Waals surface area contributed by atoms with Crippen LogP contribution in [0.25, 0.3) is 10.9 Å². The number of nitrogens with zero attached hydrogens (tertiary/aromatic N) is 2. The summed E-state index contributed by atoms with van der Waals surface area (Å²) in [4.78, 5) is 6.85. The molecule has 0 spiro atoms. The van der Waals surface area contributed by atoms with Gasteiger partial charge in [0.25, 0.3) is 0 Å². The summed E-state index contributed by atoms with van der Waals surface area (Å²) in [6, 6.07) is 17.4. The molecule has 3 N–H and O–H groups in total. The van der Waals surface area contributed by atoms with Gasteiger partial charge in [-0.1, -0.05) is 29.8 Å². The number of fused-ring (bicyclic) bond motifs is 1. The number of nitrogens with one attached hydrogen (secondary N) is 1. The largest absolute Gasteiger partial charge is 0.372 e. The lowest BCUT2D eigenvalue weighted by Crippen LogP contribution is -2.45. The Labute approximate surface area is 190 Å². The van der Waals surface area contributed by atoms with Crippen molar-refractivity contribution in [2.45, 2.75) is 57.7 Å². The smallest absolute Gasteiger partial charge is 0.0720 e. The molecular formula is C26H33ClN4. The van der Waals surface area contributed by atoms with E-state index in [0.717, 1.165) is 56.2 Å². The minimum Gasteiger partial charge on any atom is -0.372 e. The van der Waals surface area contributed by atoms with Gasteiger partial charge < -0.3 is 16.0 Å². The third-order valence-electron chi connectivity index (χ3n) is 6.78. The number of nitrogens with two attached hydrogens (primary N) is 1. The number of anilines is 1. The van der Waals surface area contributed by atoms with Gasteiger partial charge in [-0.15, -0.1) is 0 Å². The third kappa shape index (κ3) is 4.87. The van der Waals surface area contributed by atoms with Crippen molar-refractivity contribution in [3.8, 4) is 0 Å². The number of aromatic nitrogens is 1. The summed E-state index contributed by atoms with van der Waals surface area (Å²) >= 11 is 6.15. The first-order chi connectivity index (χ1) is 15.0. The molecular weight excluding hydrogens is 404 g/mol. The van der Waals surface area contributed by atoms with Gasteiger partial charge in [-0.2, -0.15) is 0 Å². The Balaban J connectivity index is 1.37. The van der Waals surface area contributed by atoms with Crippen molar-refractivity contribution < 1.29 is 0 Å². The highest BCUT2D eigenvalue weighted by Gasteiger charge is 2.34. The fourth-order valence-corrected chi connectivity index (χ4v) is 5.00. The lowest BCUT2D eigenvalue weighted by Gasteiger charge is -2.38. The van der Waals surface area contributed by atoms with E-state index in [0.29, 0.717) is 11.1 Å². The Morgan fingerprint density at radius 2 is 1.77 bits per heavy atom. The molecule has 0 unspecified atom stereocenters. The van der Waals surface area contributed by atoms with Crippen molar-refractivity contribution >= 4 is 28.2 Å². The van der Waals surface area contributed by atoms with Crippen LogP contribution in [0.4, 0.5) is 5.69 Å². The second-order valence-electron chi connectivity index (χ2n) is 8.67. The molecule has 1 aliphatic carbocycles.